The molecule has 0 radical (unpaired) electrons. The van der Waals surface area contributed by atoms with Crippen molar-refractivity contribution in [3.8, 4) is 17.1 Å². The quantitative estimate of drug-likeness (QED) is 0.228. The van der Waals surface area contributed by atoms with Crippen molar-refractivity contribution in [2.75, 3.05) is 17.2 Å². The van der Waals surface area contributed by atoms with Crippen molar-refractivity contribution in [3.63, 3.8) is 0 Å². The van der Waals surface area contributed by atoms with Gasteiger partial charge in [-0.1, -0.05) is 56.0 Å². The zero-order valence-corrected chi connectivity index (χ0v) is 23.3. The van der Waals surface area contributed by atoms with Gasteiger partial charge in [-0.2, -0.15) is 0 Å². The summed E-state index contributed by atoms with van der Waals surface area (Å²) in [6.07, 6.45) is 4.20. The topological polar surface area (TPSA) is 119 Å². The minimum Gasteiger partial charge on any atom is -0.468 e. The van der Waals surface area contributed by atoms with E-state index in [1.807, 2.05) is 67.8 Å². The SMILES string of the molecule is C=C1CNC2(CC2)C1Oc1ccc2c(n1)sc1nc(-c3ccc(NC(=O)Nc4cc(C(C)(C)C)on4)cc3)cn12. The number of pyridine rings is 1. The van der Waals surface area contributed by atoms with E-state index in [9.17, 15) is 4.79 Å². The van der Waals surface area contributed by atoms with Crippen molar-refractivity contribution in [3.05, 3.63) is 66.6 Å². The maximum Gasteiger partial charge on any atom is 0.324 e. The van der Waals surface area contributed by atoms with E-state index in [0.717, 1.165) is 51.5 Å². The first kappa shape index (κ1) is 24.8. The van der Waals surface area contributed by atoms with Crippen molar-refractivity contribution < 1.29 is 14.1 Å². The van der Waals surface area contributed by atoms with Gasteiger partial charge in [0, 0.05) is 41.5 Å². The lowest BCUT2D eigenvalue weighted by Gasteiger charge is -2.20. The normalized spacial score (nSPS) is 18.1. The van der Waals surface area contributed by atoms with Crippen LogP contribution in [0.1, 0.15) is 39.4 Å². The molecule has 1 aromatic carbocycles. The van der Waals surface area contributed by atoms with Crippen molar-refractivity contribution in [1.82, 2.24) is 24.8 Å². The monoisotopic (exact) mass is 555 g/mol. The van der Waals surface area contributed by atoms with Crippen molar-refractivity contribution >= 4 is 44.2 Å². The Morgan fingerprint density at radius 1 is 1.18 bits per heavy atom. The summed E-state index contributed by atoms with van der Waals surface area (Å²) in [7, 11) is 0. The molecule has 1 saturated carbocycles. The van der Waals surface area contributed by atoms with Crippen LogP contribution in [0.3, 0.4) is 0 Å². The number of amides is 2. The van der Waals surface area contributed by atoms with Gasteiger partial charge in [-0.25, -0.2) is 14.8 Å². The summed E-state index contributed by atoms with van der Waals surface area (Å²) >= 11 is 1.52. The molecule has 204 valence electrons. The van der Waals surface area contributed by atoms with Crippen molar-refractivity contribution in [2.24, 2.45) is 0 Å². The van der Waals surface area contributed by atoms with Crippen LogP contribution in [0.2, 0.25) is 0 Å². The Morgan fingerprint density at radius 3 is 2.70 bits per heavy atom. The molecule has 5 aromatic rings. The summed E-state index contributed by atoms with van der Waals surface area (Å²) < 4.78 is 13.7. The van der Waals surface area contributed by atoms with Crippen LogP contribution in [0.15, 0.2) is 65.3 Å². The minimum absolute atomic E-state index is 0.0275. The molecule has 2 fully saturated rings. The van der Waals surface area contributed by atoms with E-state index in [1.54, 1.807) is 6.07 Å². The number of hydrogen-bond donors (Lipinski definition) is 3. The van der Waals surface area contributed by atoms with Gasteiger partial charge in [0.15, 0.2) is 10.8 Å². The van der Waals surface area contributed by atoms with Crippen LogP contribution < -0.4 is 20.7 Å². The third kappa shape index (κ3) is 4.40. The molecule has 1 unspecified atom stereocenters. The number of nitrogens with zero attached hydrogens (tertiary/aromatic N) is 4. The number of carbonyl (C=O) groups is 1. The first-order chi connectivity index (χ1) is 19.2. The summed E-state index contributed by atoms with van der Waals surface area (Å²) in [5, 5.41) is 13.0. The van der Waals surface area contributed by atoms with E-state index in [1.165, 1.54) is 11.3 Å². The number of aromatic nitrogens is 4. The number of urea groups is 1. The molecular formula is C29H29N7O3S. The van der Waals surface area contributed by atoms with Crippen LogP contribution in [-0.4, -0.2) is 43.7 Å². The fourth-order valence-electron chi connectivity index (χ4n) is 5.02. The molecule has 3 N–H and O–H groups in total. The predicted molar refractivity (Wildman–Crippen MR) is 155 cm³/mol. The van der Waals surface area contributed by atoms with Crippen LogP contribution in [0.5, 0.6) is 5.88 Å². The highest BCUT2D eigenvalue weighted by atomic mass is 32.1. The van der Waals surface area contributed by atoms with E-state index in [0.29, 0.717) is 23.1 Å². The second-order valence-electron chi connectivity index (χ2n) is 11.5. The molecule has 1 saturated heterocycles. The largest absolute Gasteiger partial charge is 0.468 e. The Morgan fingerprint density at radius 2 is 1.98 bits per heavy atom. The van der Waals surface area contributed by atoms with Crippen LogP contribution in [0.25, 0.3) is 26.6 Å². The number of anilines is 2. The number of benzene rings is 1. The average Bonchev–Trinajstić information content (AvgIpc) is 3.20. The van der Waals surface area contributed by atoms with E-state index in [-0.39, 0.29) is 17.1 Å². The maximum atomic E-state index is 12.4. The number of rotatable bonds is 5. The van der Waals surface area contributed by atoms with Crippen LogP contribution in [-0.2, 0) is 5.41 Å². The molecule has 2 aliphatic rings. The van der Waals surface area contributed by atoms with Crippen LogP contribution in [0.4, 0.5) is 16.3 Å². The number of nitrogens with one attached hydrogen (secondary N) is 3. The van der Waals surface area contributed by atoms with Crippen LogP contribution in [0, 0.1) is 0 Å². The summed E-state index contributed by atoms with van der Waals surface area (Å²) in [6, 6.07) is 12.8. The third-order valence-corrected chi connectivity index (χ3v) is 8.40. The summed E-state index contributed by atoms with van der Waals surface area (Å²) in [4.78, 5) is 23.8. The van der Waals surface area contributed by atoms with E-state index >= 15 is 0 Å². The molecule has 7 rings (SSSR count). The Bertz CT molecular complexity index is 1770. The predicted octanol–water partition coefficient (Wildman–Crippen LogP) is 5.98. The van der Waals surface area contributed by atoms with Gasteiger partial charge >= 0.3 is 6.03 Å². The number of hydrogen-bond acceptors (Lipinski definition) is 8. The summed E-state index contributed by atoms with van der Waals surface area (Å²) in [5.74, 6) is 1.68. The molecule has 10 nitrogen and oxygen atoms in total. The van der Waals surface area contributed by atoms with E-state index < -0.39 is 6.03 Å². The van der Waals surface area contributed by atoms with E-state index in [4.69, 9.17) is 19.2 Å². The van der Waals surface area contributed by atoms with Gasteiger partial charge in [0.05, 0.1) is 16.7 Å². The van der Waals surface area contributed by atoms with Crippen molar-refractivity contribution in [2.45, 2.75) is 50.7 Å². The van der Waals surface area contributed by atoms with Gasteiger partial charge < -0.3 is 19.9 Å². The first-order valence-electron chi connectivity index (χ1n) is 13.2. The van der Waals surface area contributed by atoms with E-state index in [2.05, 4.69) is 27.7 Å². The van der Waals surface area contributed by atoms with Gasteiger partial charge in [-0.15, -0.1) is 0 Å². The highest BCUT2D eigenvalue weighted by Crippen LogP contribution is 2.46. The minimum atomic E-state index is -0.396. The second-order valence-corrected chi connectivity index (χ2v) is 12.5. The summed E-state index contributed by atoms with van der Waals surface area (Å²) in [5.41, 5.74) is 4.35. The first-order valence-corrected chi connectivity index (χ1v) is 14.0. The molecule has 0 bridgehead atoms. The number of carbonyl (C=O) groups excluding carboxylic acids is 1. The fraction of sp³-hybridized carbons (Fsp3) is 0.310. The molecule has 5 heterocycles. The number of thiazole rings is 1. The highest BCUT2D eigenvalue weighted by Gasteiger charge is 2.55. The average molecular weight is 556 g/mol. The lowest BCUT2D eigenvalue weighted by Crippen LogP contribution is -2.36. The Kier molecular flexibility index (Phi) is 5.52. The molecular weight excluding hydrogens is 526 g/mol. The molecule has 1 spiro atoms. The number of ether oxygens (including phenoxy) is 1. The zero-order chi connectivity index (χ0) is 27.6. The standard InChI is InChI=1S/C29H29N7O3S/c1-16-14-30-29(11-12-29)24(16)38-23-10-9-20-25(34-23)40-27-32-19(15-36(20)27)17-5-7-18(8-6-17)31-26(37)33-22-13-21(39-35-22)28(2,3)4/h5-10,13,15,24,30H,1,11-12,14H2,2-4H3,(H2,31,33,35,37). The fourth-order valence-corrected chi connectivity index (χ4v) is 5.99. The van der Waals surface area contributed by atoms with Crippen LogP contribution >= 0.6 is 11.3 Å². The second kappa shape index (κ2) is 8.90. The van der Waals surface area contributed by atoms with Gasteiger partial charge in [-0.3, -0.25) is 9.72 Å². The summed E-state index contributed by atoms with van der Waals surface area (Å²) in [6.45, 7) is 11.0. The van der Waals surface area contributed by atoms with Gasteiger partial charge in [-0.05, 0) is 36.6 Å². The molecule has 11 heteroatoms. The van der Waals surface area contributed by atoms with Crippen molar-refractivity contribution in [1.29, 1.82) is 0 Å². The van der Waals surface area contributed by atoms with Gasteiger partial charge in [0.1, 0.15) is 16.7 Å². The van der Waals surface area contributed by atoms with Gasteiger partial charge in [0.2, 0.25) is 5.88 Å². The lowest BCUT2D eigenvalue weighted by atomic mass is 9.93. The molecule has 1 aliphatic carbocycles. The molecule has 4 aromatic heterocycles. The molecule has 1 atom stereocenters. The molecule has 2 amide bonds. The zero-order valence-electron chi connectivity index (χ0n) is 22.4. The number of fused-ring (bicyclic) bond motifs is 3. The Labute approximate surface area is 234 Å². The van der Waals surface area contributed by atoms with Gasteiger partial charge in [0.25, 0.3) is 0 Å². The Balaban J connectivity index is 1.04. The molecule has 40 heavy (non-hydrogen) atoms. The highest BCUT2D eigenvalue weighted by molar-refractivity contribution is 7.23. The smallest absolute Gasteiger partial charge is 0.324 e. The lowest BCUT2D eigenvalue weighted by molar-refractivity contribution is 0.197. The Hall–Kier alpha value is -4.22. The third-order valence-electron chi connectivity index (χ3n) is 7.43. The maximum absolute atomic E-state index is 12.4. The molecule has 1 aliphatic heterocycles. The number of imidazole rings is 1.